The second-order valence-electron chi connectivity index (χ2n) is 9.34. The van der Waals surface area contributed by atoms with Crippen LogP contribution in [0.15, 0.2) is 42.7 Å². The normalized spacial score (nSPS) is 14.5. The number of nitrogens with zero attached hydrogens (tertiary/aromatic N) is 7. The first-order valence-electron chi connectivity index (χ1n) is 12.2. The zero-order chi connectivity index (χ0) is 27.7. The van der Waals surface area contributed by atoms with Crippen LogP contribution < -0.4 is 10.1 Å². The monoisotopic (exact) mass is 542 g/mol. The third-order valence-corrected chi connectivity index (χ3v) is 6.51. The molecular formula is C25H25F3N8O3. The SMILES string of the molecule is COc1cccc(-c2cc(C(F)(F)F)n3nc(C(=O)Nc4ncn(CC(=O)N5CCC(C)CC5)n4)cc3n2)c1. The van der Waals surface area contributed by atoms with E-state index in [4.69, 9.17) is 4.74 Å². The molecule has 0 bridgehead atoms. The molecule has 204 valence electrons. The molecule has 1 aromatic carbocycles. The van der Waals surface area contributed by atoms with Gasteiger partial charge in [-0.2, -0.15) is 18.3 Å². The zero-order valence-corrected chi connectivity index (χ0v) is 21.1. The maximum atomic E-state index is 13.9. The number of ether oxygens (including phenoxy) is 1. The first-order chi connectivity index (χ1) is 18.6. The number of carbonyl (C=O) groups excluding carboxylic acids is 2. The van der Waals surface area contributed by atoms with Crippen LogP contribution in [0.2, 0.25) is 0 Å². The molecule has 0 saturated carbocycles. The summed E-state index contributed by atoms with van der Waals surface area (Å²) in [5.41, 5.74) is -1.15. The van der Waals surface area contributed by atoms with Crippen molar-refractivity contribution in [3.63, 3.8) is 0 Å². The predicted molar refractivity (Wildman–Crippen MR) is 133 cm³/mol. The molecule has 4 aromatic rings. The summed E-state index contributed by atoms with van der Waals surface area (Å²) in [6.45, 7) is 3.47. The number of likely N-dealkylation sites (tertiary alicyclic amines) is 1. The van der Waals surface area contributed by atoms with Crippen molar-refractivity contribution >= 4 is 23.4 Å². The van der Waals surface area contributed by atoms with Crippen molar-refractivity contribution in [2.24, 2.45) is 5.92 Å². The fourth-order valence-electron chi connectivity index (χ4n) is 4.31. The quantitative estimate of drug-likeness (QED) is 0.396. The van der Waals surface area contributed by atoms with Crippen LogP contribution in [0.1, 0.15) is 35.9 Å². The minimum atomic E-state index is -4.77. The Hall–Kier alpha value is -4.49. The van der Waals surface area contributed by atoms with Crippen molar-refractivity contribution in [3.8, 4) is 17.0 Å². The number of nitrogens with one attached hydrogen (secondary N) is 1. The van der Waals surface area contributed by atoms with Gasteiger partial charge >= 0.3 is 6.18 Å². The fourth-order valence-corrected chi connectivity index (χ4v) is 4.31. The third-order valence-electron chi connectivity index (χ3n) is 6.51. The second-order valence-corrected chi connectivity index (χ2v) is 9.34. The number of amides is 2. The van der Waals surface area contributed by atoms with Crippen molar-refractivity contribution in [1.29, 1.82) is 0 Å². The van der Waals surface area contributed by atoms with Crippen molar-refractivity contribution in [3.05, 3.63) is 54.1 Å². The van der Waals surface area contributed by atoms with E-state index in [1.807, 2.05) is 0 Å². The number of anilines is 1. The van der Waals surface area contributed by atoms with E-state index in [1.54, 1.807) is 29.2 Å². The summed E-state index contributed by atoms with van der Waals surface area (Å²) in [5, 5.41) is 10.3. The largest absolute Gasteiger partial charge is 0.497 e. The molecule has 1 saturated heterocycles. The minimum absolute atomic E-state index is 0.0359. The van der Waals surface area contributed by atoms with E-state index in [0.717, 1.165) is 25.0 Å². The lowest BCUT2D eigenvalue weighted by Crippen LogP contribution is -2.39. The Labute approximate surface area is 220 Å². The molecule has 2 amide bonds. The van der Waals surface area contributed by atoms with Crippen LogP contribution in [0.3, 0.4) is 0 Å². The van der Waals surface area contributed by atoms with Crippen LogP contribution in [-0.2, 0) is 17.5 Å². The molecule has 1 fully saturated rings. The highest BCUT2D eigenvalue weighted by Crippen LogP contribution is 2.33. The molecule has 0 spiro atoms. The first kappa shape index (κ1) is 26.1. The van der Waals surface area contributed by atoms with E-state index in [-0.39, 0.29) is 35.4 Å². The van der Waals surface area contributed by atoms with Gasteiger partial charge in [-0.15, -0.1) is 5.10 Å². The van der Waals surface area contributed by atoms with Crippen molar-refractivity contribution in [2.45, 2.75) is 32.5 Å². The molecule has 3 aromatic heterocycles. The van der Waals surface area contributed by atoms with E-state index >= 15 is 0 Å². The molecule has 5 rings (SSSR count). The number of halogens is 3. The summed E-state index contributed by atoms with van der Waals surface area (Å²) in [6, 6.07) is 8.46. The first-order valence-corrected chi connectivity index (χ1v) is 12.2. The molecule has 0 atom stereocenters. The van der Waals surface area contributed by atoms with Crippen molar-refractivity contribution < 1.29 is 27.5 Å². The lowest BCUT2D eigenvalue weighted by Gasteiger charge is -2.30. The molecule has 39 heavy (non-hydrogen) atoms. The molecule has 14 heteroatoms. The van der Waals surface area contributed by atoms with E-state index < -0.39 is 17.8 Å². The van der Waals surface area contributed by atoms with Crippen molar-refractivity contribution in [2.75, 3.05) is 25.5 Å². The maximum Gasteiger partial charge on any atom is 0.433 e. The number of aromatic nitrogens is 6. The number of piperidine rings is 1. The standard InChI is InChI=1S/C25H25F3N8O3/c1-15-6-8-34(9-7-15)22(37)13-35-14-29-24(33-35)31-23(38)19-12-21-30-18(16-4-3-5-17(10-16)39-2)11-20(25(26,27)28)36(21)32-19/h3-5,10-12,14-15H,6-9,13H2,1-2H3,(H,31,33,38). The highest BCUT2D eigenvalue weighted by molar-refractivity contribution is 6.02. The number of hydrogen-bond acceptors (Lipinski definition) is 7. The second kappa shape index (κ2) is 10.3. The summed E-state index contributed by atoms with van der Waals surface area (Å²) < 4.78 is 48.8. The van der Waals surface area contributed by atoms with E-state index in [2.05, 4.69) is 32.4 Å². The van der Waals surface area contributed by atoms with Gasteiger partial charge in [-0.3, -0.25) is 14.9 Å². The van der Waals surface area contributed by atoms with Crippen LogP contribution >= 0.6 is 0 Å². The molecule has 0 unspecified atom stereocenters. The average molecular weight is 543 g/mol. The number of hydrogen-bond donors (Lipinski definition) is 1. The number of carbonyl (C=O) groups is 2. The Morgan fingerprint density at radius 1 is 1.13 bits per heavy atom. The molecule has 11 nitrogen and oxygen atoms in total. The van der Waals surface area contributed by atoms with Gasteiger partial charge in [0.25, 0.3) is 5.91 Å². The summed E-state index contributed by atoms with van der Waals surface area (Å²) in [4.78, 5) is 35.4. The molecule has 4 heterocycles. The zero-order valence-electron chi connectivity index (χ0n) is 21.1. The van der Waals surface area contributed by atoms with E-state index in [1.165, 1.54) is 18.1 Å². The van der Waals surface area contributed by atoms with Gasteiger partial charge < -0.3 is 9.64 Å². The summed E-state index contributed by atoms with van der Waals surface area (Å²) in [6.07, 6.45) is -1.59. The van der Waals surface area contributed by atoms with E-state index in [9.17, 15) is 22.8 Å². The Morgan fingerprint density at radius 2 is 1.90 bits per heavy atom. The maximum absolute atomic E-state index is 13.9. The highest BCUT2D eigenvalue weighted by atomic mass is 19.4. The number of rotatable bonds is 6. The van der Waals surface area contributed by atoms with Gasteiger partial charge in [-0.05, 0) is 37.0 Å². The van der Waals surface area contributed by atoms with Gasteiger partial charge in [-0.25, -0.2) is 19.2 Å². The highest BCUT2D eigenvalue weighted by Gasteiger charge is 2.36. The Bertz CT molecular complexity index is 1520. The lowest BCUT2D eigenvalue weighted by atomic mass is 9.99. The Balaban J connectivity index is 1.36. The van der Waals surface area contributed by atoms with Crippen LogP contribution in [0.4, 0.5) is 19.1 Å². The van der Waals surface area contributed by atoms with Gasteiger partial charge in [0, 0.05) is 24.7 Å². The summed E-state index contributed by atoms with van der Waals surface area (Å²) in [7, 11) is 1.45. The van der Waals surface area contributed by atoms with Gasteiger partial charge in [-0.1, -0.05) is 19.1 Å². The van der Waals surface area contributed by atoms with Crippen LogP contribution in [0.25, 0.3) is 16.9 Å². The molecule has 0 radical (unpaired) electrons. The fraction of sp³-hybridized carbons (Fsp3) is 0.360. The average Bonchev–Trinajstić information content (AvgIpc) is 3.54. The number of benzene rings is 1. The van der Waals surface area contributed by atoms with Crippen molar-refractivity contribution in [1.82, 2.24) is 34.3 Å². The predicted octanol–water partition coefficient (Wildman–Crippen LogP) is 3.53. The van der Waals surface area contributed by atoms with Crippen LogP contribution in [0, 0.1) is 5.92 Å². The smallest absolute Gasteiger partial charge is 0.433 e. The number of fused-ring (bicyclic) bond motifs is 1. The Morgan fingerprint density at radius 3 is 2.62 bits per heavy atom. The summed E-state index contributed by atoms with van der Waals surface area (Å²) in [5.74, 6) is -0.0142. The number of methoxy groups -OCH3 is 1. The number of alkyl halides is 3. The molecule has 1 aliphatic rings. The molecule has 1 aliphatic heterocycles. The van der Waals surface area contributed by atoms with Crippen LogP contribution in [-0.4, -0.2) is 66.3 Å². The van der Waals surface area contributed by atoms with Gasteiger partial charge in [0.05, 0.1) is 12.8 Å². The molecule has 1 N–H and O–H groups in total. The minimum Gasteiger partial charge on any atom is -0.497 e. The molecular weight excluding hydrogens is 517 g/mol. The molecule has 0 aliphatic carbocycles. The van der Waals surface area contributed by atoms with Gasteiger partial charge in [0.2, 0.25) is 11.9 Å². The summed E-state index contributed by atoms with van der Waals surface area (Å²) >= 11 is 0. The van der Waals surface area contributed by atoms with Crippen LogP contribution in [0.5, 0.6) is 5.75 Å². The van der Waals surface area contributed by atoms with E-state index in [0.29, 0.717) is 34.8 Å². The van der Waals surface area contributed by atoms with Gasteiger partial charge in [0.15, 0.2) is 17.0 Å². The third kappa shape index (κ3) is 5.68. The Kier molecular flexibility index (Phi) is 6.93. The van der Waals surface area contributed by atoms with Gasteiger partial charge in [0.1, 0.15) is 18.6 Å². The topological polar surface area (TPSA) is 120 Å². The lowest BCUT2D eigenvalue weighted by molar-refractivity contribution is -0.142.